The summed E-state index contributed by atoms with van der Waals surface area (Å²) in [5, 5.41) is 0. The van der Waals surface area contributed by atoms with Crippen molar-refractivity contribution in [3.8, 4) is 5.75 Å². The van der Waals surface area contributed by atoms with Gasteiger partial charge >= 0.3 is 5.97 Å². The van der Waals surface area contributed by atoms with Crippen LogP contribution in [0.3, 0.4) is 0 Å². The number of fused-ring (bicyclic) bond motifs is 1. The molecule has 0 radical (unpaired) electrons. The maximum absolute atomic E-state index is 12.4. The van der Waals surface area contributed by atoms with Gasteiger partial charge in [-0.25, -0.2) is 4.79 Å². The summed E-state index contributed by atoms with van der Waals surface area (Å²) >= 11 is 0. The third-order valence-electron chi connectivity index (χ3n) is 4.28. The third-order valence-corrected chi connectivity index (χ3v) is 4.28. The first-order chi connectivity index (χ1) is 12.4. The van der Waals surface area contributed by atoms with Crippen molar-refractivity contribution in [2.45, 2.75) is 19.8 Å². The van der Waals surface area contributed by atoms with Crippen molar-refractivity contribution in [1.82, 2.24) is 4.90 Å². The van der Waals surface area contributed by atoms with E-state index in [1.54, 1.807) is 12.1 Å². The van der Waals surface area contributed by atoms with Gasteiger partial charge in [0.25, 0.3) is 11.8 Å². The minimum atomic E-state index is -0.576. The maximum atomic E-state index is 12.4. The summed E-state index contributed by atoms with van der Waals surface area (Å²) in [4.78, 5) is 38.0. The predicted octanol–water partition coefficient (Wildman–Crippen LogP) is 3.81. The van der Waals surface area contributed by atoms with Crippen LogP contribution in [0.25, 0.3) is 0 Å². The van der Waals surface area contributed by atoms with Crippen LogP contribution < -0.4 is 4.74 Å². The SMILES string of the molecule is C=CCN1C(=O)c2ccc(C(=O)Oc3ccc(C(C)C)cc3)cc2C1=O. The van der Waals surface area contributed by atoms with Crippen molar-refractivity contribution in [3.05, 3.63) is 77.4 Å². The molecule has 132 valence electrons. The molecule has 2 amide bonds. The van der Waals surface area contributed by atoms with E-state index < -0.39 is 11.9 Å². The van der Waals surface area contributed by atoms with Gasteiger partial charge in [0.05, 0.1) is 16.7 Å². The van der Waals surface area contributed by atoms with Crippen LogP contribution in [0.4, 0.5) is 0 Å². The van der Waals surface area contributed by atoms with Crippen LogP contribution >= 0.6 is 0 Å². The molecule has 1 aliphatic rings. The Bertz CT molecular complexity index is 897. The molecule has 0 N–H and O–H groups in total. The first kappa shape index (κ1) is 17.6. The summed E-state index contributed by atoms with van der Waals surface area (Å²) in [5.74, 6) is -0.573. The average molecular weight is 349 g/mol. The molecular formula is C21H19NO4. The van der Waals surface area contributed by atoms with Crippen molar-refractivity contribution in [3.63, 3.8) is 0 Å². The van der Waals surface area contributed by atoms with Gasteiger partial charge in [-0.1, -0.05) is 32.1 Å². The fourth-order valence-electron chi connectivity index (χ4n) is 2.80. The second kappa shape index (κ2) is 6.96. The summed E-state index contributed by atoms with van der Waals surface area (Å²) in [6, 6.07) is 11.7. The van der Waals surface area contributed by atoms with Gasteiger partial charge in [-0.3, -0.25) is 14.5 Å². The Hall–Kier alpha value is -3.21. The smallest absolute Gasteiger partial charge is 0.343 e. The van der Waals surface area contributed by atoms with E-state index in [4.69, 9.17) is 4.74 Å². The first-order valence-corrected chi connectivity index (χ1v) is 8.35. The molecule has 0 saturated heterocycles. The van der Waals surface area contributed by atoms with Crippen molar-refractivity contribution in [1.29, 1.82) is 0 Å². The van der Waals surface area contributed by atoms with E-state index in [0.717, 1.165) is 10.5 Å². The highest BCUT2D eigenvalue weighted by Crippen LogP contribution is 2.25. The molecule has 0 saturated carbocycles. The molecule has 0 spiro atoms. The number of esters is 1. The van der Waals surface area contributed by atoms with Gasteiger partial charge < -0.3 is 4.74 Å². The fraction of sp³-hybridized carbons (Fsp3) is 0.190. The molecule has 0 bridgehead atoms. The second-order valence-corrected chi connectivity index (χ2v) is 6.38. The van der Waals surface area contributed by atoms with Gasteiger partial charge in [-0.05, 0) is 41.8 Å². The van der Waals surface area contributed by atoms with Crippen molar-refractivity contribution in [2.24, 2.45) is 0 Å². The largest absolute Gasteiger partial charge is 0.423 e. The van der Waals surface area contributed by atoms with Crippen LogP contribution in [0.2, 0.25) is 0 Å². The number of nitrogens with zero attached hydrogens (tertiary/aromatic N) is 1. The number of carbonyl (C=O) groups excluding carboxylic acids is 3. The summed E-state index contributed by atoms with van der Waals surface area (Å²) in [6.07, 6.45) is 1.48. The minimum absolute atomic E-state index is 0.133. The molecule has 0 fully saturated rings. The Morgan fingerprint density at radius 2 is 1.73 bits per heavy atom. The fourth-order valence-corrected chi connectivity index (χ4v) is 2.80. The molecule has 1 heterocycles. The zero-order valence-corrected chi connectivity index (χ0v) is 14.7. The van der Waals surface area contributed by atoms with Crippen LogP contribution in [-0.2, 0) is 0 Å². The van der Waals surface area contributed by atoms with E-state index in [1.807, 2.05) is 12.1 Å². The molecule has 0 unspecified atom stereocenters. The normalized spacial score (nSPS) is 13.1. The lowest BCUT2D eigenvalue weighted by Crippen LogP contribution is -2.29. The number of amides is 2. The lowest BCUT2D eigenvalue weighted by atomic mass is 10.0. The quantitative estimate of drug-likeness (QED) is 0.356. The first-order valence-electron chi connectivity index (χ1n) is 8.35. The summed E-state index contributed by atoms with van der Waals surface area (Å²) in [6.45, 7) is 7.84. The van der Waals surface area contributed by atoms with Crippen molar-refractivity contribution in [2.75, 3.05) is 6.54 Å². The highest BCUT2D eigenvalue weighted by molar-refractivity contribution is 6.22. The number of rotatable bonds is 5. The number of ether oxygens (including phenoxy) is 1. The standard InChI is InChI=1S/C21H19NO4/c1-4-11-22-19(23)17-10-7-15(12-18(17)20(22)24)21(25)26-16-8-5-14(6-9-16)13(2)3/h4-10,12-13H,1,11H2,2-3H3. The van der Waals surface area contributed by atoms with Gasteiger partial charge in [-0.15, -0.1) is 6.58 Å². The van der Waals surface area contributed by atoms with Gasteiger partial charge in [-0.2, -0.15) is 0 Å². The summed E-state index contributed by atoms with van der Waals surface area (Å²) < 4.78 is 5.37. The Balaban J connectivity index is 1.81. The van der Waals surface area contributed by atoms with E-state index in [1.165, 1.54) is 24.3 Å². The molecule has 5 heteroatoms. The van der Waals surface area contributed by atoms with Crippen LogP contribution in [0.1, 0.15) is 56.4 Å². The monoisotopic (exact) mass is 349 g/mol. The van der Waals surface area contributed by atoms with Gasteiger partial charge in [0.15, 0.2) is 0 Å². The Labute approximate surface area is 151 Å². The molecule has 0 aliphatic carbocycles. The number of carbonyl (C=O) groups is 3. The maximum Gasteiger partial charge on any atom is 0.343 e. The summed E-state index contributed by atoms with van der Waals surface area (Å²) in [7, 11) is 0. The molecule has 26 heavy (non-hydrogen) atoms. The Morgan fingerprint density at radius 1 is 1.08 bits per heavy atom. The van der Waals surface area contributed by atoms with Gasteiger partial charge in [0, 0.05) is 6.54 Å². The molecule has 5 nitrogen and oxygen atoms in total. The van der Waals surface area contributed by atoms with Crippen molar-refractivity contribution < 1.29 is 19.1 Å². The Kier molecular flexibility index (Phi) is 4.71. The zero-order valence-electron chi connectivity index (χ0n) is 14.7. The highest BCUT2D eigenvalue weighted by atomic mass is 16.5. The van der Waals surface area contributed by atoms with Crippen LogP contribution in [0.5, 0.6) is 5.75 Å². The number of hydrogen-bond acceptors (Lipinski definition) is 4. The van der Waals surface area contributed by atoms with E-state index >= 15 is 0 Å². The number of hydrogen-bond donors (Lipinski definition) is 0. The summed E-state index contributed by atoms with van der Waals surface area (Å²) in [5.41, 5.74) is 1.86. The van der Waals surface area contributed by atoms with E-state index in [-0.39, 0.29) is 29.1 Å². The van der Waals surface area contributed by atoms with Gasteiger partial charge in [0.1, 0.15) is 5.75 Å². The average Bonchev–Trinajstić information content (AvgIpc) is 2.87. The molecule has 2 aromatic carbocycles. The molecule has 2 aromatic rings. The third kappa shape index (κ3) is 3.16. The van der Waals surface area contributed by atoms with Crippen molar-refractivity contribution >= 4 is 17.8 Å². The predicted molar refractivity (Wildman–Crippen MR) is 97.5 cm³/mol. The second-order valence-electron chi connectivity index (χ2n) is 6.38. The lowest BCUT2D eigenvalue weighted by Gasteiger charge is -2.09. The van der Waals surface area contributed by atoms with Crippen LogP contribution in [0, 0.1) is 0 Å². The van der Waals surface area contributed by atoms with Crippen LogP contribution in [0.15, 0.2) is 55.1 Å². The molecular weight excluding hydrogens is 330 g/mol. The molecule has 0 aromatic heterocycles. The topological polar surface area (TPSA) is 63.7 Å². The molecule has 0 atom stereocenters. The highest BCUT2D eigenvalue weighted by Gasteiger charge is 2.35. The van der Waals surface area contributed by atoms with Gasteiger partial charge in [0.2, 0.25) is 0 Å². The van der Waals surface area contributed by atoms with E-state index in [0.29, 0.717) is 11.7 Å². The molecule has 1 aliphatic heterocycles. The lowest BCUT2D eigenvalue weighted by molar-refractivity contribution is 0.0671. The number of benzene rings is 2. The van der Waals surface area contributed by atoms with E-state index in [9.17, 15) is 14.4 Å². The van der Waals surface area contributed by atoms with E-state index in [2.05, 4.69) is 20.4 Å². The number of imide groups is 1. The Morgan fingerprint density at radius 3 is 2.35 bits per heavy atom. The molecule has 3 rings (SSSR count). The minimum Gasteiger partial charge on any atom is -0.423 e. The zero-order chi connectivity index (χ0) is 18.8. The van der Waals surface area contributed by atoms with Crippen LogP contribution in [-0.4, -0.2) is 29.2 Å².